The molecule has 2 aliphatic rings. The normalized spacial score (nSPS) is 40.1. The Morgan fingerprint density at radius 3 is 3.12 bits per heavy atom. The van der Waals surface area contributed by atoms with Crippen molar-refractivity contribution in [3.63, 3.8) is 0 Å². The second-order valence-electron chi connectivity index (χ2n) is 2.27. The van der Waals surface area contributed by atoms with E-state index in [0.29, 0.717) is 6.04 Å². The highest BCUT2D eigenvalue weighted by Gasteiger charge is 2.35. The molecule has 1 heterocycles. The van der Waals surface area contributed by atoms with E-state index < -0.39 is 0 Å². The topological polar surface area (TPSA) is 35.8 Å². The van der Waals surface area contributed by atoms with Crippen LogP contribution in [0, 0.1) is 11.3 Å². The van der Waals surface area contributed by atoms with E-state index in [-0.39, 0.29) is 6.04 Å². The predicted molar refractivity (Wildman–Crippen MR) is 29.0 cm³/mol. The molecule has 8 heavy (non-hydrogen) atoms. The van der Waals surface area contributed by atoms with Gasteiger partial charge in [-0.1, -0.05) is 6.08 Å². The van der Waals surface area contributed by atoms with Gasteiger partial charge in [-0.05, 0) is 12.0 Å². The molecular formula is C6H6N2. The van der Waals surface area contributed by atoms with Gasteiger partial charge in [-0.2, -0.15) is 5.26 Å². The van der Waals surface area contributed by atoms with Crippen LogP contribution in [0.4, 0.5) is 0 Å². The number of nitrogens with one attached hydrogen (secondary N) is 1. The summed E-state index contributed by atoms with van der Waals surface area (Å²) >= 11 is 0. The van der Waals surface area contributed by atoms with Crippen molar-refractivity contribution in [2.45, 2.75) is 18.5 Å². The summed E-state index contributed by atoms with van der Waals surface area (Å²) in [5, 5.41) is 11.5. The van der Waals surface area contributed by atoms with E-state index in [2.05, 4.69) is 17.5 Å². The highest BCUT2D eigenvalue weighted by molar-refractivity contribution is 5.41. The molecule has 1 aliphatic heterocycles. The molecule has 40 valence electrons. The first-order valence-electron chi connectivity index (χ1n) is 2.76. The van der Waals surface area contributed by atoms with E-state index in [1.807, 2.05) is 0 Å². The lowest BCUT2D eigenvalue weighted by molar-refractivity contribution is 0.696. The van der Waals surface area contributed by atoms with Crippen molar-refractivity contribution in [2.75, 3.05) is 0 Å². The van der Waals surface area contributed by atoms with Gasteiger partial charge in [-0.3, -0.25) is 5.32 Å². The van der Waals surface area contributed by atoms with Crippen LogP contribution in [0.5, 0.6) is 0 Å². The molecule has 1 N–H and O–H groups in total. The highest BCUT2D eigenvalue weighted by atomic mass is 15.0. The molecule has 2 heteroatoms. The Labute approximate surface area is 47.8 Å². The summed E-state index contributed by atoms with van der Waals surface area (Å²) in [4.78, 5) is 0. The summed E-state index contributed by atoms with van der Waals surface area (Å²) in [7, 11) is 0. The average Bonchev–Trinajstić information content (AvgIpc) is 2.40. The van der Waals surface area contributed by atoms with Gasteiger partial charge in [-0.15, -0.1) is 0 Å². The second-order valence-corrected chi connectivity index (χ2v) is 2.27. The SMILES string of the molecule is N#C[C@@H]1CC2=C[C@@H]2N1. The van der Waals surface area contributed by atoms with E-state index in [9.17, 15) is 0 Å². The van der Waals surface area contributed by atoms with Crippen molar-refractivity contribution < 1.29 is 0 Å². The second kappa shape index (κ2) is 1.12. The Balaban J connectivity index is 2.09. The smallest absolute Gasteiger partial charge is 0.0998 e. The lowest BCUT2D eigenvalue weighted by Gasteiger charge is -1.96. The molecule has 2 atom stereocenters. The lowest BCUT2D eigenvalue weighted by atomic mass is 10.2. The summed E-state index contributed by atoms with van der Waals surface area (Å²) < 4.78 is 0. The summed E-state index contributed by atoms with van der Waals surface area (Å²) in [6, 6.07) is 2.80. The monoisotopic (exact) mass is 106 g/mol. The number of nitriles is 1. The van der Waals surface area contributed by atoms with Crippen LogP contribution in [0.15, 0.2) is 11.6 Å². The minimum Gasteiger partial charge on any atom is -0.292 e. The summed E-state index contributed by atoms with van der Waals surface area (Å²) in [6.07, 6.45) is 3.12. The quantitative estimate of drug-likeness (QED) is 0.447. The van der Waals surface area contributed by atoms with Crippen LogP contribution >= 0.6 is 0 Å². The molecule has 1 saturated heterocycles. The minimum absolute atomic E-state index is 0.111. The third-order valence-electron chi connectivity index (χ3n) is 1.65. The first kappa shape index (κ1) is 4.11. The van der Waals surface area contributed by atoms with Gasteiger partial charge in [-0.25, -0.2) is 0 Å². The molecule has 0 aromatic rings. The fourth-order valence-corrected chi connectivity index (χ4v) is 1.11. The van der Waals surface area contributed by atoms with Gasteiger partial charge in [0.15, 0.2) is 0 Å². The number of rotatable bonds is 0. The van der Waals surface area contributed by atoms with Crippen molar-refractivity contribution >= 4 is 0 Å². The van der Waals surface area contributed by atoms with Gasteiger partial charge in [0.05, 0.1) is 12.1 Å². The molecule has 1 aliphatic carbocycles. The standard InChI is InChI=1S/C6H6N2/c7-3-5-1-4-2-6(4)8-5/h2,5-6,8H,1H2/t5-,6-/m0/s1. The summed E-state index contributed by atoms with van der Waals surface area (Å²) in [6.45, 7) is 0. The first-order valence-corrected chi connectivity index (χ1v) is 2.76. The van der Waals surface area contributed by atoms with Crippen LogP contribution < -0.4 is 5.32 Å². The Bertz CT molecular complexity index is 187. The fraction of sp³-hybridized carbons (Fsp3) is 0.500. The average molecular weight is 106 g/mol. The fourth-order valence-electron chi connectivity index (χ4n) is 1.11. The predicted octanol–water partition coefficient (Wildman–Crippen LogP) is 0.180. The molecule has 0 bridgehead atoms. The zero-order valence-electron chi connectivity index (χ0n) is 4.39. The van der Waals surface area contributed by atoms with Crippen LogP contribution in [0.25, 0.3) is 0 Å². The number of nitrogens with zero attached hydrogens (tertiary/aromatic N) is 1. The van der Waals surface area contributed by atoms with Gasteiger partial charge < -0.3 is 0 Å². The maximum Gasteiger partial charge on any atom is 0.0998 e. The van der Waals surface area contributed by atoms with Gasteiger partial charge >= 0.3 is 0 Å². The third kappa shape index (κ3) is 0.395. The van der Waals surface area contributed by atoms with Crippen LogP contribution in [0.2, 0.25) is 0 Å². The van der Waals surface area contributed by atoms with Crippen LogP contribution in [0.1, 0.15) is 6.42 Å². The maximum atomic E-state index is 8.36. The Morgan fingerprint density at radius 2 is 2.75 bits per heavy atom. The number of fused-ring (bicyclic) bond motifs is 1. The van der Waals surface area contributed by atoms with Crippen molar-refractivity contribution in [3.05, 3.63) is 11.6 Å². The molecule has 0 aromatic carbocycles. The van der Waals surface area contributed by atoms with Gasteiger partial charge in [0.1, 0.15) is 0 Å². The maximum absolute atomic E-state index is 8.36. The molecule has 0 amide bonds. The molecular weight excluding hydrogens is 100 g/mol. The molecule has 0 unspecified atom stereocenters. The molecule has 0 radical (unpaired) electrons. The zero-order valence-corrected chi connectivity index (χ0v) is 4.39. The van der Waals surface area contributed by atoms with E-state index in [0.717, 1.165) is 6.42 Å². The highest BCUT2D eigenvalue weighted by Crippen LogP contribution is 2.31. The minimum atomic E-state index is 0.111. The Hall–Kier alpha value is -0.810. The molecule has 0 saturated carbocycles. The van der Waals surface area contributed by atoms with Gasteiger partial charge in [0.25, 0.3) is 0 Å². The summed E-state index contributed by atoms with van der Waals surface area (Å²) in [5.74, 6) is 0. The van der Waals surface area contributed by atoms with Crippen LogP contribution in [-0.2, 0) is 0 Å². The molecule has 1 fully saturated rings. The van der Waals surface area contributed by atoms with Gasteiger partial charge in [0, 0.05) is 6.04 Å². The van der Waals surface area contributed by atoms with Crippen molar-refractivity contribution in [1.29, 1.82) is 5.26 Å². The van der Waals surface area contributed by atoms with E-state index in [4.69, 9.17) is 5.26 Å². The summed E-state index contributed by atoms with van der Waals surface area (Å²) in [5.41, 5.74) is 1.43. The Morgan fingerprint density at radius 1 is 1.88 bits per heavy atom. The third-order valence-corrected chi connectivity index (χ3v) is 1.65. The van der Waals surface area contributed by atoms with Crippen LogP contribution in [0.3, 0.4) is 0 Å². The molecule has 2 rings (SSSR count). The van der Waals surface area contributed by atoms with Gasteiger partial charge in [0.2, 0.25) is 0 Å². The van der Waals surface area contributed by atoms with Crippen molar-refractivity contribution in [1.82, 2.24) is 5.32 Å². The number of hydrogen-bond donors (Lipinski definition) is 1. The van der Waals surface area contributed by atoms with E-state index in [1.54, 1.807) is 0 Å². The van der Waals surface area contributed by atoms with Crippen molar-refractivity contribution in [2.24, 2.45) is 0 Å². The van der Waals surface area contributed by atoms with Crippen molar-refractivity contribution in [3.8, 4) is 6.07 Å². The number of hydrogen-bond acceptors (Lipinski definition) is 2. The zero-order chi connectivity index (χ0) is 5.56. The largest absolute Gasteiger partial charge is 0.292 e. The molecule has 0 aromatic heterocycles. The van der Waals surface area contributed by atoms with E-state index >= 15 is 0 Å². The molecule has 0 spiro atoms. The lowest BCUT2D eigenvalue weighted by Crippen LogP contribution is -2.23. The van der Waals surface area contributed by atoms with Crippen LogP contribution in [-0.4, -0.2) is 12.1 Å². The Kier molecular flexibility index (Phi) is 0.576. The van der Waals surface area contributed by atoms with E-state index in [1.165, 1.54) is 5.57 Å². The molecule has 2 nitrogen and oxygen atoms in total. The first-order chi connectivity index (χ1) is 3.90.